The van der Waals surface area contributed by atoms with Gasteiger partial charge in [-0.1, -0.05) is 20.5 Å². The second kappa shape index (κ2) is 29.2. The van der Waals surface area contributed by atoms with Crippen molar-refractivity contribution in [2.24, 2.45) is 20.5 Å². The van der Waals surface area contributed by atoms with E-state index < -0.39 is 74.1 Å². The topological polar surface area (TPSA) is 337 Å². The molecular formula is C30H41F14N19O7. The van der Waals surface area contributed by atoms with E-state index in [0.29, 0.717) is 0 Å². The minimum Gasteiger partial charge on any atom is -0.379 e. The maximum absolute atomic E-state index is 15.1. The van der Waals surface area contributed by atoms with Gasteiger partial charge in [-0.05, 0) is 22.1 Å². The van der Waals surface area contributed by atoms with Crippen molar-refractivity contribution >= 4 is 23.8 Å². The zero-order chi connectivity index (χ0) is 53.1. The molecule has 396 valence electrons. The smallest absolute Gasteiger partial charge is 0.379 e. The highest BCUT2D eigenvalue weighted by Crippen LogP contribution is 2.55. The van der Waals surface area contributed by atoms with Gasteiger partial charge in [-0.2, -0.15) is 72.0 Å². The van der Waals surface area contributed by atoms with Crippen LogP contribution in [0.4, 0.5) is 79.3 Å². The number of azide groups is 4. The van der Waals surface area contributed by atoms with Crippen LogP contribution in [0.1, 0.15) is 6.92 Å². The van der Waals surface area contributed by atoms with E-state index in [1.807, 2.05) is 0 Å². The molecule has 1 aromatic heterocycles. The summed E-state index contributed by atoms with van der Waals surface area (Å²) in [5, 5.41) is 17.4. The minimum atomic E-state index is -7.75. The zero-order valence-electron chi connectivity index (χ0n) is 36.0. The molecule has 0 fully saturated rings. The highest BCUT2D eigenvalue weighted by atomic mass is 19.4. The molecule has 0 aliphatic heterocycles. The summed E-state index contributed by atoms with van der Waals surface area (Å²) in [4.78, 5) is 38.8. The van der Waals surface area contributed by atoms with Gasteiger partial charge < -0.3 is 39.4 Å². The van der Waals surface area contributed by atoms with Crippen molar-refractivity contribution < 1.29 is 94.7 Å². The predicted octanol–water partition coefficient (Wildman–Crippen LogP) is 6.65. The Morgan fingerprint density at radius 3 is 1.24 bits per heavy atom. The van der Waals surface area contributed by atoms with E-state index >= 15 is 4.39 Å². The summed E-state index contributed by atoms with van der Waals surface area (Å²) < 4.78 is 217. The van der Waals surface area contributed by atoms with Crippen LogP contribution in [0.2, 0.25) is 0 Å². The van der Waals surface area contributed by atoms with Crippen LogP contribution in [0.15, 0.2) is 20.5 Å². The van der Waals surface area contributed by atoms with Crippen LogP contribution in [0.3, 0.4) is 0 Å². The lowest BCUT2D eigenvalue weighted by Crippen LogP contribution is -2.67. The number of rotatable bonds is 37. The number of carbonyl (C=O) groups excluding carboxylic acids is 1. The van der Waals surface area contributed by atoms with Crippen LogP contribution < -0.4 is 20.4 Å². The van der Waals surface area contributed by atoms with Gasteiger partial charge in [0.15, 0.2) is 0 Å². The Balaban J connectivity index is 3.55. The molecule has 0 spiro atoms. The second-order valence-electron chi connectivity index (χ2n) is 13.0. The fraction of sp³-hybridized carbons (Fsp3) is 0.867. The molecule has 2 unspecified atom stereocenters. The highest BCUT2D eigenvalue weighted by molar-refractivity contribution is 5.83. The average molecular weight is 1050 g/mol. The number of anilines is 3. The van der Waals surface area contributed by atoms with Crippen LogP contribution >= 0.6 is 0 Å². The van der Waals surface area contributed by atoms with E-state index in [-0.39, 0.29) is 117 Å². The van der Waals surface area contributed by atoms with Crippen molar-refractivity contribution in [2.75, 3.05) is 133 Å². The number of amides is 1. The zero-order valence-corrected chi connectivity index (χ0v) is 36.0. The Morgan fingerprint density at radius 1 is 0.543 bits per heavy atom. The van der Waals surface area contributed by atoms with Crippen molar-refractivity contribution in [2.45, 2.75) is 49.1 Å². The number of nitrogens with zero attached hydrogens (tertiary/aromatic N) is 17. The summed E-state index contributed by atoms with van der Waals surface area (Å²) in [7, 11) is 0. The van der Waals surface area contributed by atoms with E-state index in [1.165, 1.54) is 15.1 Å². The summed E-state index contributed by atoms with van der Waals surface area (Å²) in [5.41, 5.74) is 34.1. The van der Waals surface area contributed by atoms with Gasteiger partial charge >= 0.3 is 36.3 Å². The number of carbonyl (C=O) groups is 1. The van der Waals surface area contributed by atoms with Gasteiger partial charge in [-0.15, -0.1) is 0 Å². The Hall–Kier alpha value is -6.10. The van der Waals surface area contributed by atoms with Gasteiger partial charge in [0.2, 0.25) is 17.8 Å². The monoisotopic (exact) mass is 1050 g/mol. The van der Waals surface area contributed by atoms with Gasteiger partial charge in [0.1, 0.15) is 0 Å². The number of nitrogens with one attached hydrogen (secondary N) is 2. The molecule has 0 bridgehead atoms. The van der Waals surface area contributed by atoms with Crippen LogP contribution in [0, 0.1) is 0 Å². The molecule has 1 amide bonds. The first-order valence-electron chi connectivity index (χ1n) is 19.4. The number of aromatic nitrogens is 3. The van der Waals surface area contributed by atoms with Gasteiger partial charge in [0, 0.05) is 92.0 Å². The van der Waals surface area contributed by atoms with Crippen molar-refractivity contribution in [1.82, 2.24) is 20.3 Å². The minimum absolute atomic E-state index is 0.0262. The lowest BCUT2D eigenvalue weighted by molar-refractivity contribution is -0.541. The molecule has 0 aliphatic rings. The molecule has 0 saturated carbocycles. The van der Waals surface area contributed by atoms with Crippen molar-refractivity contribution in [3.05, 3.63) is 41.8 Å². The fourth-order valence-electron chi connectivity index (χ4n) is 4.60. The Labute approximate surface area is 383 Å². The van der Waals surface area contributed by atoms with E-state index in [1.54, 1.807) is 4.74 Å². The van der Waals surface area contributed by atoms with Crippen LogP contribution in [0.25, 0.3) is 41.8 Å². The maximum atomic E-state index is 15.1. The van der Waals surface area contributed by atoms with E-state index in [4.69, 9.17) is 41.1 Å². The third-order valence-electron chi connectivity index (χ3n) is 7.94. The standard InChI is InChI=1S/C30H41F14N19O7/c1-24(31,69-30(43,44)26(34,28(38,39)40)70-29(41,42)25(32,33)27(35,36)37)20(64)49-2-3-50-21-55-22(62(8-16-65-12-4-51-58-45)9-17-66-13-5-52-59-46)57-23(56-21)63(10-18-67-14-6-53-60-47)11-19-68-15-7-54-61-48/h2-19H2,1H3,(H,49,64)(H,50,55,56,57). The molecule has 40 heteroatoms. The molecule has 1 rings (SSSR count). The predicted molar refractivity (Wildman–Crippen MR) is 208 cm³/mol. The molecule has 1 aromatic rings. The summed E-state index contributed by atoms with van der Waals surface area (Å²) in [5.74, 6) is -23.6. The van der Waals surface area contributed by atoms with Crippen LogP contribution in [0.5, 0.6) is 0 Å². The second-order valence-corrected chi connectivity index (χ2v) is 13.0. The first-order valence-corrected chi connectivity index (χ1v) is 19.4. The Kier molecular flexibility index (Phi) is 25.8. The molecule has 26 nitrogen and oxygen atoms in total. The van der Waals surface area contributed by atoms with E-state index in [2.05, 4.69) is 65.1 Å². The quantitative estimate of drug-likeness (QED) is 0.0232. The fourth-order valence-corrected chi connectivity index (χ4v) is 4.60. The molecule has 0 saturated heterocycles. The number of alkyl halides is 14. The van der Waals surface area contributed by atoms with Gasteiger partial charge in [-0.3, -0.25) is 14.3 Å². The highest BCUT2D eigenvalue weighted by Gasteiger charge is 2.84. The Bertz CT molecular complexity index is 1840. The van der Waals surface area contributed by atoms with Gasteiger partial charge in [-0.25, -0.2) is 4.39 Å². The average Bonchev–Trinajstić information content (AvgIpc) is 3.26. The summed E-state index contributed by atoms with van der Waals surface area (Å²) >= 11 is 0. The summed E-state index contributed by atoms with van der Waals surface area (Å²) in [6, 6.07) is 0. The first kappa shape index (κ1) is 61.9. The molecule has 70 heavy (non-hydrogen) atoms. The molecule has 2 N–H and O–H groups in total. The number of halogens is 14. The van der Waals surface area contributed by atoms with Crippen LogP contribution in [-0.4, -0.2) is 181 Å². The third kappa shape index (κ3) is 20.1. The lowest BCUT2D eigenvalue weighted by atomic mass is 10.2. The van der Waals surface area contributed by atoms with Crippen molar-refractivity contribution in [3.63, 3.8) is 0 Å². The molecule has 0 aliphatic carbocycles. The Morgan fingerprint density at radius 2 is 0.914 bits per heavy atom. The first-order chi connectivity index (χ1) is 32.7. The van der Waals surface area contributed by atoms with Crippen LogP contribution in [-0.2, 0) is 33.2 Å². The van der Waals surface area contributed by atoms with E-state index in [0.717, 1.165) is 0 Å². The lowest BCUT2D eigenvalue weighted by Gasteiger charge is -2.39. The molecule has 0 aromatic carbocycles. The molecule has 1 heterocycles. The number of hydrogen-bond donors (Lipinski definition) is 2. The molecular weight excluding hydrogens is 1000 g/mol. The molecule has 0 radical (unpaired) electrons. The number of ether oxygens (including phenoxy) is 6. The largest absolute Gasteiger partial charge is 0.462 e. The molecule has 2 atom stereocenters. The van der Waals surface area contributed by atoms with Crippen molar-refractivity contribution in [3.8, 4) is 0 Å². The van der Waals surface area contributed by atoms with Gasteiger partial charge in [0.05, 0.1) is 52.9 Å². The summed E-state index contributed by atoms with van der Waals surface area (Å²) in [6.45, 7) is -2.81. The van der Waals surface area contributed by atoms with Gasteiger partial charge in [0.25, 0.3) is 11.8 Å². The SMILES string of the molecule is CC(F)(OC(F)(F)C(F)(OC(F)(F)C(F)(F)C(F)(F)F)C(F)(F)F)C(=O)NCCNc1nc(N(CCOCCN=[N+]=[N-])CCOCCN=[N+]=[N-])nc(N(CCOCCN=[N+]=[N-])CCOCCN=[N+]=[N-])n1. The summed E-state index contributed by atoms with van der Waals surface area (Å²) in [6.07, 6.45) is -30.2. The van der Waals surface area contributed by atoms with E-state index in [9.17, 15) is 61.9 Å². The van der Waals surface area contributed by atoms with Crippen molar-refractivity contribution in [1.29, 1.82) is 0 Å². The normalized spacial score (nSPS) is 13.9. The third-order valence-corrected chi connectivity index (χ3v) is 7.94. The maximum Gasteiger partial charge on any atom is 0.462 e. The number of hydrogen-bond acceptors (Lipinski definition) is 17.